The zero-order valence-electron chi connectivity index (χ0n) is 21.0. The number of nitrogens with zero attached hydrogens (tertiary/aromatic N) is 3. The molecular weight excluding hydrogens is 457 g/mol. The number of hydrogen-bond donors (Lipinski definition) is 2. The first kappa shape index (κ1) is 24.6. The largest absolute Gasteiger partial charge is 0.352 e. The normalized spacial score (nSPS) is 19.5. The zero-order valence-corrected chi connectivity index (χ0v) is 21.0. The Hall–Kier alpha value is -3.10. The topological polar surface area (TPSA) is 79.3 Å². The number of fused-ring (bicyclic) bond motifs is 1. The van der Waals surface area contributed by atoms with Crippen molar-refractivity contribution in [2.45, 2.75) is 58.2 Å². The molecule has 6 rings (SSSR count). The second-order valence-corrected chi connectivity index (χ2v) is 9.69. The summed E-state index contributed by atoms with van der Waals surface area (Å²) in [5, 5.41) is 6.56. The fraction of sp³-hybridized carbons (Fsp3) is 0.464. The Labute approximate surface area is 210 Å². The first-order chi connectivity index (χ1) is 17.6. The maximum atomic E-state index is 14.7. The van der Waals surface area contributed by atoms with E-state index in [-0.39, 0.29) is 23.2 Å². The van der Waals surface area contributed by atoms with Gasteiger partial charge in [0.05, 0.1) is 17.2 Å². The Bertz CT molecular complexity index is 1330. The highest BCUT2D eigenvalue weighted by Gasteiger charge is 2.31. The van der Waals surface area contributed by atoms with Crippen LogP contribution in [0, 0.1) is 5.82 Å². The van der Waals surface area contributed by atoms with Crippen LogP contribution in [0.25, 0.3) is 11.0 Å². The van der Waals surface area contributed by atoms with Crippen LogP contribution in [-0.2, 0) is 19.5 Å². The fourth-order valence-corrected chi connectivity index (χ4v) is 5.76. The summed E-state index contributed by atoms with van der Waals surface area (Å²) in [6.45, 7) is 8.57. The van der Waals surface area contributed by atoms with E-state index in [0.29, 0.717) is 35.7 Å². The SMILES string of the molecule is CC.O=C1NCCc2ccc(CNC3CCN(CC4Cn5c(=O)cnc6ccc(F)c4c65)CC3)cc21. The molecule has 1 fully saturated rings. The molecule has 1 saturated heterocycles. The van der Waals surface area contributed by atoms with E-state index in [1.165, 1.54) is 12.3 Å². The molecule has 8 heteroatoms. The molecule has 190 valence electrons. The van der Waals surface area contributed by atoms with E-state index in [0.717, 1.165) is 62.1 Å². The lowest BCUT2D eigenvalue weighted by molar-refractivity contribution is 0.0946. The molecule has 0 bridgehead atoms. The molecule has 3 aliphatic rings. The Morgan fingerprint density at radius 3 is 2.75 bits per heavy atom. The standard InChI is InChI=1S/C26H28FN5O2.C2H6/c27-21-3-4-22-25-24(21)18(15-32(25)23(33)13-30-22)14-31-9-6-19(7-10-31)29-12-16-1-2-17-5-8-28-26(34)20(17)11-16;1-2/h1-4,11,13,18-19,29H,5-10,12,14-15H2,(H,28,34);1-2H3. The van der Waals surface area contributed by atoms with Gasteiger partial charge in [-0.05, 0) is 61.7 Å². The number of hydrogen-bond acceptors (Lipinski definition) is 5. The lowest BCUT2D eigenvalue weighted by Gasteiger charge is -2.34. The molecule has 3 aliphatic heterocycles. The number of carbonyl (C=O) groups is 1. The van der Waals surface area contributed by atoms with Gasteiger partial charge in [-0.15, -0.1) is 0 Å². The third-order valence-electron chi connectivity index (χ3n) is 7.56. The van der Waals surface area contributed by atoms with E-state index < -0.39 is 0 Å². The van der Waals surface area contributed by atoms with Gasteiger partial charge in [0.1, 0.15) is 5.82 Å². The molecule has 0 spiro atoms. The molecule has 3 aromatic rings. The van der Waals surface area contributed by atoms with Crippen molar-refractivity contribution < 1.29 is 9.18 Å². The molecule has 0 aliphatic carbocycles. The van der Waals surface area contributed by atoms with Crippen molar-refractivity contribution in [2.24, 2.45) is 0 Å². The Kier molecular flexibility index (Phi) is 7.16. The maximum Gasteiger partial charge on any atom is 0.269 e. The Morgan fingerprint density at radius 2 is 1.94 bits per heavy atom. The van der Waals surface area contributed by atoms with Gasteiger partial charge in [0.2, 0.25) is 0 Å². The summed E-state index contributed by atoms with van der Waals surface area (Å²) in [5.41, 5.74) is 4.87. The van der Waals surface area contributed by atoms with E-state index >= 15 is 0 Å². The van der Waals surface area contributed by atoms with Gasteiger partial charge in [-0.25, -0.2) is 9.37 Å². The average molecular weight is 492 g/mol. The molecule has 0 saturated carbocycles. The van der Waals surface area contributed by atoms with Crippen LogP contribution in [0.1, 0.15) is 59.7 Å². The maximum absolute atomic E-state index is 14.7. The predicted octanol–water partition coefficient (Wildman–Crippen LogP) is 3.20. The lowest BCUT2D eigenvalue weighted by atomic mass is 9.96. The summed E-state index contributed by atoms with van der Waals surface area (Å²) < 4.78 is 16.4. The highest BCUT2D eigenvalue weighted by Crippen LogP contribution is 2.35. The van der Waals surface area contributed by atoms with Crippen LogP contribution < -0.4 is 16.2 Å². The minimum absolute atomic E-state index is 0.0237. The summed E-state index contributed by atoms with van der Waals surface area (Å²) in [4.78, 5) is 31.0. The van der Waals surface area contributed by atoms with Crippen molar-refractivity contribution in [2.75, 3.05) is 26.2 Å². The minimum atomic E-state index is -0.244. The highest BCUT2D eigenvalue weighted by atomic mass is 19.1. The number of benzene rings is 2. The van der Waals surface area contributed by atoms with Crippen LogP contribution in [0.15, 0.2) is 41.3 Å². The minimum Gasteiger partial charge on any atom is -0.352 e. The van der Waals surface area contributed by atoms with Crippen molar-refractivity contribution in [3.05, 3.63) is 75.0 Å². The molecule has 0 radical (unpaired) electrons. The van der Waals surface area contributed by atoms with E-state index in [2.05, 4.69) is 32.7 Å². The number of aromatic nitrogens is 2. The second-order valence-electron chi connectivity index (χ2n) is 9.69. The molecular formula is C28H34FN5O2. The van der Waals surface area contributed by atoms with Crippen molar-refractivity contribution in [3.63, 3.8) is 0 Å². The zero-order chi connectivity index (χ0) is 25.2. The number of carbonyl (C=O) groups excluding carboxylic acids is 1. The molecule has 4 heterocycles. The van der Waals surface area contributed by atoms with Crippen molar-refractivity contribution >= 4 is 16.9 Å². The van der Waals surface area contributed by atoms with Gasteiger partial charge < -0.3 is 20.1 Å². The van der Waals surface area contributed by atoms with E-state index in [9.17, 15) is 14.0 Å². The number of piperidine rings is 1. The van der Waals surface area contributed by atoms with Gasteiger partial charge in [0, 0.05) is 49.3 Å². The summed E-state index contributed by atoms with van der Waals surface area (Å²) in [6.07, 6.45) is 4.25. The van der Waals surface area contributed by atoms with Gasteiger partial charge in [0.25, 0.3) is 11.5 Å². The van der Waals surface area contributed by atoms with Gasteiger partial charge >= 0.3 is 0 Å². The smallest absolute Gasteiger partial charge is 0.269 e. The van der Waals surface area contributed by atoms with E-state index in [1.54, 1.807) is 10.6 Å². The van der Waals surface area contributed by atoms with E-state index in [1.807, 2.05) is 19.9 Å². The third-order valence-corrected chi connectivity index (χ3v) is 7.56. The van der Waals surface area contributed by atoms with Crippen LogP contribution >= 0.6 is 0 Å². The van der Waals surface area contributed by atoms with Gasteiger partial charge in [-0.2, -0.15) is 0 Å². The first-order valence-corrected chi connectivity index (χ1v) is 13.1. The van der Waals surface area contributed by atoms with Crippen LogP contribution in [0.4, 0.5) is 4.39 Å². The Balaban J connectivity index is 0.00000130. The van der Waals surface area contributed by atoms with Crippen LogP contribution in [0.3, 0.4) is 0 Å². The van der Waals surface area contributed by atoms with Crippen molar-refractivity contribution in [1.29, 1.82) is 0 Å². The molecule has 2 aromatic carbocycles. The molecule has 7 nitrogen and oxygen atoms in total. The fourth-order valence-electron chi connectivity index (χ4n) is 5.76. The van der Waals surface area contributed by atoms with Gasteiger partial charge in [-0.3, -0.25) is 9.59 Å². The highest BCUT2D eigenvalue weighted by molar-refractivity contribution is 5.96. The van der Waals surface area contributed by atoms with Crippen LogP contribution in [0.5, 0.6) is 0 Å². The number of rotatable bonds is 5. The van der Waals surface area contributed by atoms with E-state index in [4.69, 9.17) is 0 Å². The monoisotopic (exact) mass is 491 g/mol. The molecule has 1 amide bonds. The third kappa shape index (κ3) is 4.67. The van der Waals surface area contributed by atoms with Gasteiger partial charge in [-0.1, -0.05) is 26.0 Å². The number of nitrogens with one attached hydrogen (secondary N) is 2. The summed E-state index contributed by atoms with van der Waals surface area (Å²) in [6, 6.07) is 9.73. The Morgan fingerprint density at radius 1 is 1.14 bits per heavy atom. The average Bonchev–Trinajstić information content (AvgIpc) is 3.30. The van der Waals surface area contributed by atoms with Crippen LogP contribution in [0.2, 0.25) is 0 Å². The summed E-state index contributed by atoms with van der Waals surface area (Å²) >= 11 is 0. The van der Waals surface area contributed by atoms with Crippen molar-refractivity contribution in [1.82, 2.24) is 25.1 Å². The number of halogens is 1. The summed E-state index contributed by atoms with van der Waals surface area (Å²) in [5.74, 6) is -0.256. The molecule has 2 N–H and O–H groups in total. The number of amides is 1. The molecule has 36 heavy (non-hydrogen) atoms. The molecule has 1 unspecified atom stereocenters. The molecule has 1 aromatic heterocycles. The first-order valence-electron chi connectivity index (χ1n) is 13.1. The number of likely N-dealkylation sites (tertiary alicyclic amines) is 1. The quantitative estimate of drug-likeness (QED) is 0.573. The van der Waals surface area contributed by atoms with Crippen molar-refractivity contribution in [3.8, 4) is 0 Å². The van der Waals surface area contributed by atoms with Crippen LogP contribution in [-0.4, -0.2) is 52.6 Å². The predicted molar refractivity (Wildman–Crippen MR) is 139 cm³/mol. The second kappa shape index (κ2) is 10.5. The summed E-state index contributed by atoms with van der Waals surface area (Å²) in [7, 11) is 0. The molecule has 1 atom stereocenters. The van der Waals surface area contributed by atoms with Gasteiger partial charge in [0.15, 0.2) is 0 Å². The lowest BCUT2D eigenvalue weighted by Crippen LogP contribution is -2.43.